The van der Waals surface area contributed by atoms with Gasteiger partial charge in [-0.25, -0.2) is 0 Å². The van der Waals surface area contributed by atoms with Crippen LogP contribution in [0.15, 0.2) is 58.8 Å². The second-order valence-electron chi connectivity index (χ2n) is 6.45. The molecule has 0 bridgehead atoms. The van der Waals surface area contributed by atoms with Crippen molar-refractivity contribution in [2.24, 2.45) is 10.2 Å². The summed E-state index contributed by atoms with van der Waals surface area (Å²) in [6.45, 7) is 2.51. The fraction of sp³-hybridized carbons (Fsp3) is 0.300. The molecule has 2 amide bonds. The molecule has 0 saturated carbocycles. The molecule has 2 rings (SSSR count). The van der Waals surface area contributed by atoms with E-state index in [1.165, 1.54) is 12.1 Å². The van der Waals surface area contributed by atoms with E-state index in [0.717, 1.165) is 12.8 Å². The first kappa shape index (κ1) is 23.2. The van der Waals surface area contributed by atoms with Crippen molar-refractivity contribution in [3.05, 3.63) is 59.7 Å². The quantitative estimate of drug-likeness (QED) is 0.301. The van der Waals surface area contributed by atoms with Crippen LogP contribution in [-0.2, 0) is 10.1 Å². The highest BCUT2D eigenvalue weighted by molar-refractivity contribution is 7.85. The van der Waals surface area contributed by atoms with Gasteiger partial charge in [0.05, 0.1) is 17.1 Å². The molecule has 0 fully saturated rings. The van der Waals surface area contributed by atoms with Crippen LogP contribution in [0.25, 0.3) is 0 Å². The molecular weight excluding hydrogens is 408 g/mol. The van der Waals surface area contributed by atoms with Crippen molar-refractivity contribution in [1.29, 1.82) is 0 Å². The number of hydrogen-bond acceptors (Lipinski definition) is 6. The molecule has 3 N–H and O–H groups in total. The lowest BCUT2D eigenvalue weighted by molar-refractivity contribution is 0.0946. The third kappa shape index (κ3) is 8.10. The Kier molecular flexibility index (Phi) is 8.63. The molecule has 0 saturated heterocycles. The lowest BCUT2D eigenvalue weighted by Crippen LogP contribution is -2.28. The second kappa shape index (κ2) is 11.2. The van der Waals surface area contributed by atoms with Crippen LogP contribution in [0.2, 0.25) is 0 Å². The minimum Gasteiger partial charge on any atom is -0.352 e. The van der Waals surface area contributed by atoms with Gasteiger partial charge < -0.3 is 10.6 Å². The molecule has 2 aromatic rings. The first-order valence-electron chi connectivity index (χ1n) is 9.42. The Bertz CT molecular complexity index is 987. The molecule has 0 aliphatic carbocycles. The summed E-state index contributed by atoms with van der Waals surface area (Å²) in [6.07, 6.45) is 1.95. The molecule has 0 aromatic heterocycles. The largest absolute Gasteiger partial charge is 0.352 e. The molecule has 160 valence electrons. The Labute approximate surface area is 175 Å². The molecular formula is C20H24N4O5S. The van der Waals surface area contributed by atoms with E-state index in [4.69, 9.17) is 4.55 Å². The number of amides is 2. The minimum atomic E-state index is -4.12. The highest BCUT2D eigenvalue weighted by Gasteiger charge is 2.08. The van der Waals surface area contributed by atoms with Crippen molar-refractivity contribution in [2.45, 2.75) is 19.8 Å². The molecule has 0 atom stereocenters. The molecule has 0 heterocycles. The average Bonchev–Trinajstić information content (AvgIpc) is 2.72. The van der Waals surface area contributed by atoms with Crippen LogP contribution in [0, 0.1) is 0 Å². The van der Waals surface area contributed by atoms with Crippen molar-refractivity contribution in [1.82, 2.24) is 10.6 Å². The second-order valence-corrected chi connectivity index (χ2v) is 8.02. The zero-order valence-electron chi connectivity index (χ0n) is 16.5. The standard InChI is InChI=1S/C20H24N4O5S/c1-2-3-12-21-19(25)15-4-8-17(9-5-15)23-24-18-10-6-16(7-11-18)20(26)22-13-14-30(27,28)29/h4-11H,2-3,12-14H2,1H3,(H,21,25)(H,22,26)(H,27,28,29). The maximum absolute atomic E-state index is 12.0. The van der Waals surface area contributed by atoms with E-state index in [-0.39, 0.29) is 12.5 Å². The predicted molar refractivity (Wildman–Crippen MR) is 113 cm³/mol. The van der Waals surface area contributed by atoms with Crippen LogP contribution in [0.1, 0.15) is 40.5 Å². The van der Waals surface area contributed by atoms with Crippen LogP contribution in [0.5, 0.6) is 0 Å². The monoisotopic (exact) mass is 432 g/mol. The van der Waals surface area contributed by atoms with E-state index in [9.17, 15) is 18.0 Å². The first-order valence-corrected chi connectivity index (χ1v) is 11.0. The van der Waals surface area contributed by atoms with E-state index in [1.807, 2.05) is 0 Å². The Morgan fingerprint density at radius 1 is 0.833 bits per heavy atom. The fourth-order valence-electron chi connectivity index (χ4n) is 2.35. The van der Waals surface area contributed by atoms with Crippen molar-refractivity contribution in [3.63, 3.8) is 0 Å². The Morgan fingerprint density at radius 3 is 1.67 bits per heavy atom. The van der Waals surface area contributed by atoms with Gasteiger partial charge in [-0.05, 0) is 55.0 Å². The molecule has 2 aromatic carbocycles. The zero-order chi connectivity index (χ0) is 22.0. The number of azo groups is 1. The van der Waals surface area contributed by atoms with Crippen molar-refractivity contribution in [2.75, 3.05) is 18.8 Å². The van der Waals surface area contributed by atoms with Gasteiger partial charge in [-0.2, -0.15) is 18.6 Å². The molecule has 0 unspecified atom stereocenters. The Morgan fingerprint density at radius 2 is 1.27 bits per heavy atom. The highest BCUT2D eigenvalue weighted by Crippen LogP contribution is 2.19. The molecule has 30 heavy (non-hydrogen) atoms. The van der Waals surface area contributed by atoms with Gasteiger partial charge in [0.1, 0.15) is 0 Å². The Hall–Kier alpha value is -3.11. The van der Waals surface area contributed by atoms with Crippen molar-refractivity contribution >= 4 is 33.3 Å². The smallest absolute Gasteiger partial charge is 0.266 e. The number of unbranched alkanes of at least 4 members (excludes halogenated alkanes) is 1. The normalized spacial score (nSPS) is 11.4. The maximum Gasteiger partial charge on any atom is 0.266 e. The summed E-state index contributed by atoms with van der Waals surface area (Å²) in [5.41, 5.74) is 1.97. The SMILES string of the molecule is CCCCNC(=O)c1ccc(N=Nc2ccc(C(=O)NCCS(=O)(=O)O)cc2)cc1. The van der Waals surface area contributed by atoms with Gasteiger partial charge in [0, 0.05) is 24.2 Å². The summed E-state index contributed by atoms with van der Waals surface area (Å²) in [5.74, 6) is -1.14. The lowest BCUT2D eigenvalue weighted by Gasteiger charge is -2.04. The molecule has 0 aliphatic rings. The number of rotatable bonds is 10. The highest BCUT2D eigenvalue weighted by atomic mass is 32.2. The van der Waals surface area contributed by atoms with Crippen molar-refractivity contribution < 1.29 is 22.6 Å². The van der Waals surface area contributed by atoms with Gasteiger partial charge >= 0.3 is 0 Å². The van der Waals surface area contributed by atoms with Gasteiger partial charge in [-0.1, -0.05) is 13.3 Å². The summed E-state index contributed by atoms with van der Waals surface area (Å²) < 4.78 is 30.0. The van der Waals surface area contributed by atoms with E-state index in [2.05, 4.69) is 27.8 Å². The van der Waals surface area contributed by atoms with E-state index >= 15 is 0 Å². The molecule has 0 aliphatic heterocycles. The Balaban J connectivity index is 1.90. The van der Waals surface area contributed by atoms with Gasteiger partial charge in [0.25, 0.3) is 21.9 Å². The van der Waals surface area contributed by atoms with Gasteiger partial charge in [0.15, 0.2) is 0 Å². The van der Waals surface area contributed by atoms with Crippen LogP contribution >= 0.6 is 0 Å². The third-order valence-corrected chi connectivity index (χ3v) is 4.72. The summed E-state index contributed by atoms with van der Waals surface area (Å²) in [7, 11) is -4.12. The van der Waals surface area contributed by atoms with Crippen LogP contribution in [0.4, 0.5) is 11.4 Å². The summed E-state index contributed by atoms with van der Waals surface area (Å²) >= 11 is 0. The zero-order valence-corrected chi connectivity index (χ0v) is 17.4. The summed E-state index contributed by atoms with van der Waals surface area (Å²) in [5, 5.41) is 13.4. The predicted octanol–water partition coefficient (Wildman–Crippen LogP) is 3.25. The van der Waals surface area contributed by atoms with Crippen LogP contribution in [0.3, 0.4) is 0 Å². The number of carbonyl (C=O) groups excluding carboxylic acids is 2. The number of carbonyl (C=O) groups is 2. The number of benzene rings is 2. The fourth-order valence-corrected chi connectivity index (χ4v) is 2.71. The van der Waals surface area contributed by atoms with E-state index in [0.29, 0.717) is 29.0 Å². The molecule has 10 heteroatoms. The molecule has 9 nitrogen and oxygen atoms in total. The van der Waals surface area contributed by atoms with Gasteiger partial charge in [0.2, 0.25) is 0 Å². The third-order valence-electron chi connectivity index (χ3n) is 4.00. The number of nitrogens with zero attached hydrogens (tertiary/aromatic N) is 2. The van der Waals surface area contributed by atoms with E-state index in [1.54, 1.807) is 36.4 Å². The lowest BCUT2D eigenvalue weighted by atomic mass is 10.2. The minimum absolute atomic E-state index is 0.127. The topological polar surface area (TPSA) is 137 Å². The van der Waals surface area contributed by atoms with Crippen LogP contribution < -0.4 is 10.6 Å². The van der Waals surface area contributed by atoms with Crippen LogP contribution in [-0.4, -0.2) is 43.6 Å². The van der Waals surface area contributed by atoms with Crippen molar-refractivity contribution in [3.8, 4) is 0 Å². The first-order chi connectivity index (χ1) is 14.3. The number of hydrogen-bond donors (Lipinski definition) is 3. The molecule has 0 radical (unpaired) electrons. The summed E-state index contributed by atoms with van der Waals surface area (Å²) in [4.78, 5) is 23.9. The van der Waals surface area contributed by atoms with Gasteiger partial charge in [-0.15, -0.1) is 0 Å². The van der Waals surface area contributed by atoms with E-state index < -0.39 is 21.8 Å². The maximum atomic E-state index is 12.0. The average molecular weight is 433 g/mol. The summed E-state index contributed by atoms with van der Waals surface area (Å²) in [6, 6.07) is 13.0. The van der Waals surface area contributed by atoms with Gasteiger partial charge in [-0.3, -0.25) is 14.1 Å². The number of nitrogens with one attached hydrogen (secondary N) is 2. The molecule has 0 spiro atoms.